The van der Waals surface area contributed by atoms with Gasteiger partial charge in [0.1, 0.15) is 0 Å². The van der Waals surface area contributed by atoms with Gasteiger partial charge in [0.25, 0.3) is 5.91 Å². The summed E-state index contributed by atoms with van der Waals surface area (Å²) in [5, 5.41) is 6.26. The summed E-state index contributed by atoms with van der Waals surface area (Å²) in [7, 11) is 0. The molecule has 2 N–H and O–H groups in total. The van der Waals surface area contributed by atoms with Gasteiger partial charge in [0.05, 0.1) is 0 Å². The van der Waals surface area contributed by atoms with Crippen molar-refractivity contribution in [2.24, 2.45) is 5.41 Å². The van der Waals surface area contributed by atoms with Crippen molar-refractivity contribution < 1.29 is 18.0 Å². The SMILES string of the molecule is CC1(CNC(=O)c2ccc(-c3cc(F)c(F)c(F)c3)cc2)CCNCC1.Cl. The van der Waals surface area contributed by atoms with E-state index in [-0.39, 0.29) is 29.3 Å². The molecule has 0 aromatic heterocycles. The maximum Gasteiger partial charge on any atom is 0.251 e. The fraction of sp³-hybridized carbons (Fsp3) is 0.350. The van der Waals surface area contributed by atoms with Gasteiger partial charge in [-0.2, -0.15) is 0 Å². The first-order valence-corrected chi connectivity index (χ1v) is 8.62. The molecule has 0 atom stereocenters. The Morgan fingerprint density at radius 3 is 2.15 bits per heavy atom. The van der Waals surface area contributed by atoms with Crippen molar-refractivity contribution in [3.63, 3.8) is 0 Å². The molecule has 0 unspecified atom stereocenters. The van der Waals surface area contributed by atoms with Crippen molar-refractivity contribution in [1.82, 2.24) is 10.6 Å². The molecule has 0 aliphatic carbocycles. The normalized spacial score (nSPS) is 15.7. The Morgan fingerprint density at radius 2 is 1.59 bits per heavy atom. The Hall–Kier alpha value is -2.05. The summed E-state index contributed by atoms with van der Waals surface area (Å²) in [6.45, 7) is 4.66. The highest BCUT2D eigenvalue weighted by Gasteiger charge is 2.27. The zero-order valence-electron chi connectivity index (χ0n) is 15.0. The molecule has 3 nitrogen and oxygen atoms in total. The van der Waals surface area contributed by atoms with E-state index in [0.717, 1.165) is 38.1 Å². The first-order chi connectivity index (χ1) is 12.4. The van der Waals surface area contributed by atoms with Gasteiger partial charge in [0.15, 0.2) is 17.5 Å². The van der Waals surface area contributed by atoms with Crippen LogP contribution >= 0.6 is 12.4 Å². The van der Waals surface area contributed by atoms with Gasteiger partial charge < -0.3 is 10.6 Å². The third-order valence-corrected chi connectivity index (χ3v) is 4.95. The molecule has 2 aromatic carbocycles. The minimum atomic E-state index is -1.49. The van der Waals surface area contributed by atoms with Crippen molar-refractivity contribution in [3.8, 4) is 11.1 Å². The molecule has 0 saturated carbocycles. The van der Waals surface area contributed by atoms with E-state index >= 15 is 0 Å². The average molecular weight is 399 g/mol. The Kier molecular flexibility index (Phi) is 6.89. The summed E-state index contributed by atoms with van der Waals surface area (Å²) < 4.78 is 39.8. The van der Waals surface area contributed by atoms with E-state index in [1.54, 1.807) is 24.3 Å². The van der Waals surface area contributed by atoms with Crippen LogP contribution in [0.5, 0.6) is 0 Å². The second kappa shape index (κ2) is 8.76. The minimum absolute atomic E-state index is 0. The highest BCUT2D eigenvalue weighted by molar-refractivity contribution is 5.94. The van der Waals surface area contributed by atoms with Gasteiger partial charge >= 0.3 is 0 Å². The predicted molar refractivity (Wildman–Crippen MR) is 102 cm³/mol. The highest BCUT2D eigenvalue weighted by Crippen LogP contribution is 2.27. The Bertz CT molecular complexity index is 782. The third-order valence-electron chi connectivity index (χ3n) is 4.95. The molecular weight excluding hydrogens is 377 g/mol. The summed E-state index contributed by atoms with van der Waals surface area (Å²) in [5.41, 5.74) is 1.28. The maximum atomic E-state index is 13.4. The second-order valence-electron chi connectivity index (χ2n) is 7.07. The molecule has 7 heteroatoms. The van der Waals surface area contributed by atoms with Crippen LogP contribution in [-0.4, -0.2) is 25.5 Å². The Balaban J connectivity index is 0.00000261. The summed E-state index contributed by atoms with van der Waals surface area (Å²) in [6, 6.07) is 8.24. The quantitative estimate of drug-likeness (QED) is 0.753. The lowest BCUT2D eigenvalue weighted by molar-refractivity contribution is 0.0922. The van der Waals surface area contributed by atoms with E-state index in [2.05, 4.69) is 17.6 Å². The van der Waals surface area contributed by atoms with Gasteiger partial charge in [0, 0.05) is 12.1 Å². The van der Waals surface area contributed by atoms with E-state index in [1.165, 1.54) is 0 Å². The molecular formula is C20H22ClF3N2O. The molecule has 0 bridgehead atoms. The molecule has 1 aliphatic heterocycles. The minimum Gasteiger partial charge on any atom is -0.351 e. The average Bonchev–Trinajstić information content (AvgIpc) is 2.64. The molecule has 1 amide bonds. The summed E-state index contributed by atoms with van der Waals surface area (Å²) in [5.74, 6) is -4.15. The molecule has 1 aliphatic rings. The number of carbonyl (C=O) groups excluding carboxylic acids is 1. The van der Waals surface area contributed by atoms with Crippen LogP contribution < -0.4 is 10.6 Å². The maximum absolute atomic E-state index is 13.4. The van der Waals surface area contributed by atoms with E-state index in [0.29, 0.717) is 17.7 Å². The summed E-state index contributed by atoms with van der Waals surface area (Å²) >= 11 is 0. The predicted octanol–water partition coefficient (Wildman–Crippen LogP) is 4.31. The number of rotatable bonds is 4. The zero-order valence-corrected chi connectivity index (χ0v) is 15.8. The lowest BCUT2D eigenvalue weighted by atomic mass is 9.81. The molecule has 1 saturated heterocycles. The molecule has 0 spiro atoms. The second-order valence-corrected chi connectivity index (χ2v) is 7.07. The van der Waals surface area contributed by atoms with Gasteiger partial charge in [-0.1, -0.05) is 19.1 Å². The largest absolute Gasteiger partial charge is 0.351 e. The van der Waals surface area contributed by atoms with E-state index < -0.39 is 17.5 Å². The Morgan fingerprint density at radius 1 is 1.04 bits per heavy atom. The first-order valence-electron chi connectivity index (χ1n) is 8.62. The van der Waals surface area contributed by atoms with Crippen LogP contribution in [0.2, 0.25) is 0 Å². The van der Waals surface area contributed by atoms with Crippen molar-refractivity contribution in [2.45, 2.75) is 19.8 Å². The number of halogens is 4. The Labute approximate surface area is 162 Å². The number of hydrogen-bond acceptors (Lipinski definition) is 2. The van der Waals surface area contributed by atoms with E-state index in [1.807, 2.05) is 0 Å². The molecule has 0 radical (unpaired) electrons. The van der Waals surface area contributed by atoms with Crippen LogP contribution in [0.3, 0.4) is 0 Å². The summed E-state index contributed by atoms with van der Waals surface area (Å²) in [6.07, 6.45) is 2.02. The standard InChI is InChI=1S/C20H21F3N2O.ClH/c1-20(6-8-24-9-7-20)12-25-19(26)14-4-2-13(3-5-14)15-10-16(21)18(23)17(22)11-15;/h2-5,10-11,24H,6-9,12H2,1H3,(H,25,26);1H. The third kappa shape index (κ3) is 5.02. The molecule has 27 heavy (non-hydrogen) atoms. The number of hydrogen-bond donors (Lipinski definition) is 2. The van der Waals surface area contributed by atoms with Crippen molar-refractivity contribution >= 4 is 18.3 Å². The van der Waals surface area contributed by atoms with Gasteiger partial charge in [-0.25, -0.2) is 13.2 Å². The number of nitrogens with one attached hydrogen (secondary N) is 2. The number of piperidine rings is 1. The molecule has 1 fully saturated rings. The molecule has 1 heterocycles. The lowest BCUT2D eigenvalue weighted by Gasteiger charge is -2.34. The number of carbonyl (C=O) groups is 1. The van der Waals surface area contributed by atoms with Crippen LogP contribution in [0.1, 0.15) is 30.1 Å². The first kappa shape index (κ1) is 21.3. The van der Waals surface area contributed by atoms with Gasteiger partial charge in [-0.3, -0.25) is 4.79 Å². The lowest BCUT2D eigenvalue weighted by Crippen LogP contribution is -2.42. The number of benzene rings is 2. The van der Waals surface area contributed by atoms with Crippen molar-refractivity contribution in [1.29, 1.82) is 0 Å². The fourth-order valence-electron chi connectivity index (χ4n) is 3.14. The molecule has 146 valence electrons. The van der Waals surface area contributed by atoms with Crippen LogP contribution in [0.25, 0.3) is 11.1 Å². The highest BCUT2D eigenvalue weighted by atomic mass is 35.5. The number of amides is 1. The van der Waals surface area contributed by atoms with Crippen LogP contribution in [0.15, 0.2) is 36.4 Å². The van der Waals surface area contributed by atoms with E-state index in [9.17, 15) is 18.0 Å². The van der Waals surface area contributed by atoms with Crippen LogP contribution in [-0.2, 0) is 0 Å². The van der Waals surface area contributed by atoms with Crippen LogP contribution in [0, 0.1) is 22.9 Å². The van der Waals surface area contributed by atoms with E-state index in [4.69, 9.17) is 0 Å². The fourth-order valence-corrected chi connectivity index (χ4v) is 3.14. The smallest absolute Gasteiger partial charge is 0.251 e. The van der Waals surface area contributed by atoms with Gasteiger partial charge in [-0.05, 0) is 66.7 Å². The van der Waals surface area contributed by atoms with Gasteiger partial charge in [0.2, 0.25) is 0 Å². The van der Waals surface area contributed by atoms with Crippen LogP contribution in [0.4, 0.5) is 13.2 Å². The monoisotopic (exact) mass is 398 g/mol. The topological polar surface area (TPSA) is 41.1 Å². The van der Waals surface area contributed by atoms with Gasteiger partial charge in [-0.15, -0.1) is 12.4 Å². The zero-order chi connectivity index (χ0) is 18.7. The summed E-state index contributed by atoms with van der Waals surface area (Å²) in [4.78, 5) is 12.3. The van der Waals surface area contributed by atoms with Crippen molar-refractivity contribution in [2.75, 3.05) is 19.6 Å². The molecule has 3 rings (SSSR count). The molecule has 2 aromatic rings. The van der Waals surface area contributed by atoms with Crippen molar-refractivity contribution in [3.05, 3.63) is 59.4 Å².